The normalized spacial score (nSPS) is 9.12. The molecule has 0 heterocycles. The van der Waals surface area contributed by atoms with E-state index in [1.54, 1.807) is 0 Å². The molecule has 0 bridgehead atoms. The lowest BCUT2D eigenvalue weighted by Crippen LogP contribution is -2.15. The quantitative estimate of drug-likeness (QED) is 0.315. The number of carbonyl (C=O) groups is 1. The van der Waals surface area contributed by atoms with Crippen LogP contribution >= 0.6 is 0 Å². The van der Waals surface area contributed by atoms with E-state index in [1.165, 1.54) is 0 Å². The molecule has 0 aromatic carbocycles. The highest BCUT2D eigenvalue weighted by Crippen LogP contribution is 1.67. The van der Waals surface area contributed by atoms with Gasteiger partial charge in [0.1, 0.15) is 6.29 Å². The van der Waals surface area contributed by atoms with Gasteiger partial charge in [-0.25, -0.2) is 5.48 Å². The maximum atomic E-state index is 9.67. The maximum Gasteiger partial charge on any atom is 0.121 e. The zero-order valence-corrected chi connectivity index (χ0v) is 5.02. The SMILES string of the molecule is CCONCCC=O. The second-order valence-electron chi connectivity index (χ2n) is 1.28. The van der Waals surface area contributed by atoms with Crippen molar-refractivity contribution in [3.05, 3.63) is 0 Å². The molecule has 0 aliphatic heterocycles. The summed E-state index contributed by atoms with van der Waals surface area (Å²) < 4.78 is 0. The van der Waals surface area contributed by atoms with Crippen molar-refractivity contribution in [2.24, 2.45) is 0 Å². The Balaban J connectivity index is 2.62. The second kappa shape index (κ2) is 6.59. The number of nitrogens with one attached hydrogen (secondary N) is 1. The first-order valence-electron chi connectivity index (χ1n) is 2.70. The van der Waals surface area contributed by atoms with Crippen LogP contribution in [0, 0.1) is 0 Å². The molecule has 48 valence electrons. The lowest BCUT2D eigenvalue weighted by molar-refractivity contribution is -0.108. The molecule has 0 aliphatic rings. The highest BCUT2D eigenvalue weighted by atomic mass is 16.6. The fourth-order valence-corrected chi connectivity index (χ4v) is 0.292. The van der Waals surface area contributed by atoms with Crippen molar-refractivity contribution >= 4 is 6.29 Å². The summed E-state index contributed by atoms with van der Waals surface area (Å²) in [7, 11) is 0. The lowest BCUT2D eigenvalue weighted by Gasteiger charge is -1.97. The van der Waals surface area contributed by atoms with Crippen molar-refractivity contribution in [3.63, 3.8) is 0 Å². The molecule has 1 N–H and O–H groups in total. The van der Waals surface area contributed by atoms with Crippen molar-refractivity contribution in [1.29, 1.82) is 0 Å². The van der Waals surface area contributed by atoms with E-state index in [4.69, 9.17) is 4.84 Å². The summed E-state index contributed by atoms with van der Waals surface area (Å²) in [4.78, 5) is 14.4. The first kappa shape index (κ1) is 7.59. The fourth-order valence-electron chi connectivity index (χ4n) is 0.292. The summed E-state index contributed by atoms with van der Waals surface area (Å²) in [6.45, 7) is 3.13. The van der Waals surface area contributed by atoms with Crippen LogP contribution in [0.2, 0.25) is 0 Å². The Hall–Kier alpha value is -0.410. The number of hydrogen-bond acceptors (Lipinski definition) is 3. The highest BCUT2D eigenvalue weighted by molar-refractivity contribution is 5.49. The molecule has 3 heteroatoms. The maximum absolute atomic E-state index is 9.67. The molecule has 0 spiro atoms. The predicted molar refractivity (Wildman–Crippen MR) is 30.3 cm³/mol. The Bertz CT molecular complexity index is 56.4. The van der Waals surface area contributed by atoms with Crippen molar-refractivity contribution < 1.29 is 9.63 Å². The molecular formula is C5H11NO2. The number of hydroxylamine groups is 1. The Morgan fingerprint density at radius 1 is 1.75 bits per heavy atom. The van der Waals surface area contributed by atoms with Gasteiger partial charge in [-0.1, -0.05) is 0 Å². The van der Waals surface area contributed by atoms with Gasteiger partial charge in [0.2, 0.25) is 0 Å². The van der Waals surface area contributed by atoms with Gasteiger partial charge in [0.15, 0.2) is 0 Å². The zero-order chi connectivity index (χ0) is 6.24. The number of carbonyl (C=O) groups excluding carboxylic acids is 1. The third-order valence-corrected chi connectivity index (χ3v) is 0.611. The van der Waals surface area contributed by atoms with E-state index in [2.05, 4.69) is 5.48 Å². The van der Waals surface area contributed by atoms with Crippen LogP contribution in [0.5, 0.6) is 0 Å². The van der Waals surface area contributed by atoms with Gasteiger partial charge in [-0.3, -0.25) is 0 Å². The number of aldehydes is 1. The largest absolute Gasteiger partial charge is 0.303 e. The summed E-state index contributed by atoms with van der Waals surface area (Å²) in [6, 6.07) is 0. The molecule has 0 radical (unpaired) electrons. The van der Waals surface area contributed by atoms with Crippen molar-refractivity contribution in [1.82, 2.24) is 5.48 Å². The van der Waals surface area contributed by atoms with E-state index < -0.39 is 0 Å². The summed E-state index contributed by atoms with van der Waals surface area (Å²) in [6.07, 6.45) is 1.37. The van der Waals surface area contributed by atoms with E-state index in [-0.39, 0.29) is 0 Å². The summed E-state index contributed by atoms with van der Waals surface area (Å²) >= 11 is 0. The van der Waals surface area contributed by atoms with E-state index in [1.807, 2.05) is 6.92 Å². The summed E-state index contributed by atoms with van der Waals surface area (Å²) in [5.41, 5.74) is 2.60. The topological polar surface area (TPSA) is 38.3 Å². The van der Waals surface area contributed by atoms with Gasteiger partial charge < -0.3 is 9.63 Å². The molecule has 0 unspecified atom stereocenters. The number of hydrogen-bond donors (Lipinski definition) is 1. The Morgan fingerprint density at radius 3 is 3.00 bits per heavy atom. The van der Waals surface area contributed by atoms with Gasteiger partial charge in [0.05, 0.1) is 6.61 Å². The smallest absolute Gasteiger partial charge is 0.121 e. The van der Waals surface area contributed by atoms with E-state index in [0.29, 0.717) is 19.6 Å². The van der Waals surface area contributed by atoms with Crippen LogP contribution in [0.15, 0.2) is 0 Å². The molecule has 0 atom stereocenters. The average Bonchev–Trinajstić information content (AvgIpc) is 1.81. The fraction of sp³-hybridized carbons (Fsp3) is 0.800. The zero-order valence-electron chi connectivity index (χ0n) is 5.02. The minimum atomic E-state index is 0.514. The average molecular weight is 117 g/mol. The molecule has 0 fully saturated rings. The molecule has 0 saturated heterocycles. The van der Waals surface area contributed by atoms with Crippen LogP contribution in [0.1, 0.15) is 13.3 Å². The van der Waals surface area contributed by atoms with Crippen LogP contribution < -0.4 is 5.48 Å². The van der Waals surface area contributed by atoms with Crippen molar-refractivity contribution in [3.8, 4) is 0 Å². The van der Waals surface area contributed by atoms with Gasteiger partial charge in [-0.2, -0.15) is 0 Å². The molecule has 0 saturated carbocycles. The molecule has 0 aromatic heterocycles. The minimum absolute atomic E-state index is 0.514. The summed E-state index contributed by atoms with van der Waals surface area (Å²) in [5.74, 6) is 0. The molecular weight excluding hydrogens is 106 g/mol. The van der Waals surface area contributed by atoms with Crippen molar-refractivity contribution in [2.75, 3.05) is 13.2 Å². The number of rotatable bonds is 5. The van der Waals surface area contributed by atoms with Crippen LogP contribution in [-0.2, 0) is 9.63 Å². The first-order chi connectivity index (χ1) is 3.91. The highest BCUT2D eigenvalue weighted by Gasteiger charge is 1.80. The van der Waals surface area contributed by atoms with E-state index in [0.717, 1.165) is 6.29 Å². The van der Waals surface area contributed by atoms with Gasteiger partial charge in [-0.05, 0) is 6.92 Å². The van der Waals surface area contributed by atoms with Gasteiger partial charge in [0.25, 0.3) is 0 Å². The van der Waals surface area contributed by atoms with E-state index in [9.17, 15) is 4.79 Å². The lowest BCUT2D eigenvalue weighted by atomic mass is 10.5. The molecule has 0 aromatic rings. The van der Waals surface area contributed by atoms with Crippen LogP contribution in [0.4, 0.5) is 0 Å². The Kier molecular flexibility index (Phi) is 6.25. The first-order valence-corrected chi connectivity index (χ1v) is 2.70. The molecule has 0 aliphatic carbocycles. The third kappa shape index (κ3) is 5.59. The van der Waals surface area contributed by atoms with Gasteiger partial charge >= 0.3 is 0 Å². The standard InChI is InChI=1S/C5H11NO2/c1-2-8-6-4-3-5-7/h5-6H,2-4H2,1H3. The predicted octanol–water partition coefficient (Wildman–Crippen LogP) is 0.116. The van der Waals surface area contributed by atoms with E-state index >= 15 is 0 Å². The summed E-state index contributed by atoms with van der Waals surface area (Å²) in [5, 5.41) is 0. The molecule has 8 heavy (non-hydrogen) atoms. The van der Waals surface area contributed by atoms with Crippen LogP contribution in [-0.4, -0.2) is 19.4 Å². The van der Waals surface area contributed by atoms with Crippen LogP contribution in [0.25, 0.3) is 0 Å². The molecule has 3 nitrogen and oxygen atoms in total. The van der Waals surface area contributed by atoms with Gasteiger partial charge in [0, 0.05) is 13.0 Å². The van der Waals surface area contributed by atoms with Crippen molar-refractivity contribution in [2.45, 2.75) is 13.3 Å². The Morgan fingerprint density at radius 2 is 2.50 bits per heavy atom. The van der Waals surface area contributed by atoms with Gasteiger partial charge in [-0.15, -0.1) is 0 Å². The Labute approximate surface area is 49.0 Å². The monoisotopic (exact) mass is 117 g/mol. The van der Waals surface area contributed by atoms with Crippen LogP contribution in [0.3, 0.4) is 0 Å². The molecule has 0 rings (SSSR count). The third-order valence-electron chi connectivity index (χ3n) is 0.611. The molecule has 0 amide bonds. The minimum Gasteiger partial charge on any atom is -0.303 e. The second-order valence-corrected chi connectivity index (χ2v) is 1.28.